The second-order valence-corrected chi connectivity index (χ2v) is 5.62. The number of hydrogen-bond donors (Lipinski definition) is 0. The van der Waals surface area contributed by atoms with Crippen LogP contribution in [-0.2, 0) is 10.0 Å². The maximum atomic E-state index is 12.0. The molecule has 2 aliphatic rings. The molecule has 1 amide bonds. The smallest absolute Gasteiger partial charge is 0.268 e. The lowest BCUT2D eigenvalue weighted by Gasteiger charge is -2.12. The summed E-state index contributed by atoms with van der Waals surface area (Å²) in [6.45, 7) is 0. The first-order valence-electron chi connectivity index (χ1n) is 4.80. The first-order valence-corrected chi connectivity index (χ1v) is 6.24. The average Bonchev–Trinajstić information content (AvgIpc) is 2.99. The molecule has 1 aliphatic carbocycles. The van der Waals surface area contributed by atoms with Gasteiger partial charge in [0.1, 0.15) is 4.90 Å². The predicted octanol–water partition coefficient (Wildman–Crippen LogP) is 0.994. The van der Waals surface area contributed by atoms with Gasteiger partial charge < -0.3 is 0 Å². The number of sulfonamides is 1. The van der Waals surface area contributed by atoms with Gasteiger partial charge in [0, 0.05) is 6.04 Å². The largest absolute Gasteiger partial charge is 0.269 e. The zero-order valence-corrected chi connectivity index (χ0v) is 8.70. The summed E-state index contributed by atoms with van der Waals surface area (Å²) in [5.41, 5.74) is 0.310. The Hall–Kier alpha value is -1.36. The summed E-state index contributed by atoms with van der Waals surface area (Å²) >= 11 is 0. The standard InChI is InChI=1S/C10H9NO3S/c12-10-8-3-1-2-4-9(8)15(13,14)11(10)7-5-6-7/h1-4,7H,5-6H2. The summed E-state index contributed by atoms with van der Waals surface area (Å²) in [7, 11) is -3.55. The Morgan fingerprint density at radius 1 is 1.20 bits per heavy atom. The molecule has 1 heterocycles. The molecule has 1 aromatic rings. The summed E-state index contributed by atoms with van der Waals surface area (Å²) in [5, 5.41) is 0. The van der Waals surface area contributed by atoms with Crippen molar-refractivity contribution in [2.45, 2.75) is 23.8 Å². The molecule has 1 saturated carbocycles. The zero-order chi connectivity index (χ0) is 10.6. The van der Waals surface area contributed by atoms with Gasteiger partial charge in [0.2, 0.25) is 0 Å². The second kappa shape index (κ2) is 2.61. The lowest BCUT2D eigenvalue weighted by atomic mass is 10.2. The Bertz CT molecular complexity index is 546. The number of nitrogens with zero attached hydrogens (tertiary/aromatic N) is 1. The molecule has 0 atom stereocenters. The summed E-state index contributed by atoms with van der Waals surface area (Å²) in [4.78, 5) is 12.0. The van der Waals surface area contributed by atoms with Crippen LogP contribution in [0.1, 0.15) is 23.2 Å². The van der Waals surface area contributed by atoms with Crippen LogP contribution in [0.5, 0.6) is 0 Å². The van der Waals surface area contributed by atoms with Crippen LogP contribution in [0.4, 0.5) is 0 Å². The number of benzene rings is 1. The maximum absolute atomic E-state index is 12.0. The number of hydrogen-bond acceptors (Lipinski definition) is 3. The van der Waals surface area contributed by atoms with Gasteiger partial charge in [-0.1, -0.05) is 12.1 Å². The molecule has 3 rings (SSSR count). The fourth-order valence-corrected chi connectivity index (χ4v) is 3.69. The van der Waals surface area contributed by atoms with Crippen molar-refractivity contribution in [3.8, 4) is 0 Å². The number of fused-ring (bicyclic) bond motifs is 1. The predicted molar refractivity (Wildman–Crippen MR) is 52.8 cm³/mol. The summed E-state index contributed by atoms with van der Waals surface area (Å²) in [5.74, 6) is -0.367. The van der Waals surface area contributed by atoms with E-state index < -0.39 is 10.0 Å². The third kappa shape index (κ3) is 1.07. The number of carbonyl (C=O) groups is 1. The third-order valence-electron chi connectivity index (χ3n) is 2.73. The highest BCUT2D eigenvalue weighted by Crippen LogP contribution is 2.38. The first kappa shape index (κ1) is 8.91. The molecule has 15 heavy (non-hydrogen) atoms. The Morgan fingerprint density at radius 2 is 1.87 bits per heavy atom. The van der Waals surface area contributed by atoms with Gasteiger partial charge in [-0.2, -0.15) is 0 Å². The average molecular weight is 223 g/mol. The first-order chi connectivity index (χ1) is 7.12. The molecule has 1 aliphatic heterocycles. The molecule has 0 unspecified atom stereocenters. The highest BCUT2D eigenvalue weighted by atomic mass is 32.2. The minimum absolute atomic E-state index is 0.102. The van der Waals surface area contributed by atoms with Gasteiger partial charge in [0.25, 0.3) is 15.9 Å². The van der Waals surface area contributed by atoms with Crippen LogP contribution in [0.3, 0.4) is 0 Å². The van der Waals surface area contributed by atoms with Crippen molar-refractivity contribution in [2.24, 2.45) is 0 Å². The Kier molecular flexibility index (Phi) is 1.55. The van der Waals surface area contributed by atoms with Crippen LogP contribution in [0.25, 0.3) is 0 Å². The van der Waals surface area contributed by atoms with E-state index >= 15 is 0 Å². The maximum Gasteiger partial charge on any atom is 0.269 e. The van der Waals surface area contributed by atoms with Gasteiger partial charge >= 0.3 is 0 Å². The minimum Gasteiger partial charge on any atom is -0.268 e. The molecule has 0 aromatic heterocycles. The highest BCUT2D eigenvalue weighted by molar-refractivity contribution is 7.90. The van der Waals surface area contributed by atoms with Crippen LogP contribution in [0.15, 0.2) is 29.2 Å². The molecule has 1 aromatic carbocycles. The topological polar surface area (TPSA) is 54.5 Å². The van der Waals surface area contributed by atoms with E-state index in [1.54, 1.807) is 18.2 Å². The fraction of sp³-hybridized carbons (Fsp3) is 0.300. The van der Waals surface area contributed by atoms with E-state index in [1.807, 2.05) is 0 Å². The molecule has 0 spiro atoms. The molecule has 78 valence electrons. The Morgan fingerprint density at radius 3 is 2.47 bits per heavy atom. The van der Waals surface area contributed by atoms with E-state index in [-0.39, 0.29) is 16.8 Å². The van der Waals surface area contributed by atoms with Gasteiger partial charge in [-0.15, -0.1) is 0 Å². The Labute approximate surface area is 87.6 Å². The monoisotopic (exact) mass is 223 g/mol. The fourth-order valence-electron chi connectivity index (χ4n) is 1.87. The summed E-state index contributed by atoms with van der Waals surface area (Å²) < 4.78 is 25.0. The van der Waals surface area contributed by atoms with E-state index in [2.05, 4.69) is 0 Å². The highest BCUT2D eigenvalue weighted by Gasteiger charge is 2.48. The molecule has 1 fully saturated rings. The number of carbonyl (C=O) groups excluding carboxylic acids is 1. The molecule has 0 saturated heterocycles. The van der Waals surface area contributed by atoms with Crippen molar-refractivity contribution in [1.29, 1.82) is 0 Å². The molecule has 4 nitrogen and oxygen atoms in total. The van der Waals surface area contributed by atoms with E-state index in [0.717, 1.165) is 17.1 Å². The quantitative estimate of drug-likeness (QED) is 0.713. The van der Waals surface area contributed by atoms with Crippen LogP contribution in [0, 0.1) is 0 Å². The van der Waals surface area contributed by atoms with Gasteiger partial charge in [0.05, 0.1) is 5.56 Å². The van der Waals surface area contributed by atoms with Gasteiger partial charge in [-0.25, -0.2) is 12.7 Å². The van der Waals surface area contributed by atoms with Gasteiger partial charge in [-0.05, 0) is 25.0 Å². The molecule has 0 bridgehead atoms. The molecule has 0 N–H and O–H groups in total. The molecular formula is C10H9NO3S. The van der Waals surface area contributed by atoms with Crippen molar-refractivity contribution in [1.82, 2.24) is 4.31 Å². The lowest BCUT2D eigenvalue weighted by molar-refractivity contribution is 0.0865. The van der Waals surface area contributed by atoms with Crippen molar-refractivity contribution < 1.29 is 13.2 Å². The van der Waals surface area contributed by atoms with E-state index in [4.69, 9.17) is 0 Å². The normalized spacial score (nSPS) is 22.9. The molecular weight excluding hydrogens is 214 g/mol. The second-order valence-electron chi connectivity index (χ2n) is 3.83. The van der Waals surface area contributed by atoms with Crippen LogP contribution in [0.2, 0.25) is 0 Å². The van der Waals surface area contributed by atoms with Crippen LogP contribution < -0.4 is 0 Å². The van der Waals surface area contributed by atoms with Gasteiger partial charge in [0.15, 0.2) is 0 Å². The van der Waals surface area contributed by atoms with E-state index in [9.17, 15) is 13.2 Å². The van der Waals surface area contributed by atoms with E-state index in [1.165, 1.54) is 6.07 Å². The molecule has 5 heteroatoms. The Balaban J connectivity index is 2.25. The van der Waals surface area contributed by atoms with Crippen LogP contribution >= 0.6 is 0 Å². The van der Waals surface area contributed by atoms with E-state index in [0.29, 0.717) is 5.56 Å². The molecule has 0 radical (unpaired) electrons. The SMILES string of the molecule is O=C1c2ccccc2S(=O)(=O)N1C1CC1. The number of rotatable bonds is 1. The van der Waals surface area contributed by atoms with Crippen LogP contribution in [-0.4, -0.2) is 24.7 Å². The van der Waals surface area contributed by atoms with Crippen molar-refractivity contribution in [3.05, 3.63) is 29.8 Å². The van der Waals surface area contributed by atoms with Gasteiger partial charge in [-0.3, -0.25) is 4.79 Å². The lowest BCUT2D eigenvalue weighted by Crippen LogP contribution is -2.31. The van der Waals surface area contributed by atoms with Crippen molar-refractivity contribution >= 4 is 15.9 Å². The summed E-state index contributed by atoms with van der Waals surface area (Å²) in [6.07, 6.45) is 1.58. The number of amides is 1. The van der Waals surface area contributed by atoms with Crippen molar-refractivity contribution in [2.75, 3.05) is 0 Å². The summed E-state index contributed by atoms with van der Waals surface area (Å²) in [6, 6.07) is 6.28. The van der Waals surface area contributed by atoms with Crippen molar-refractivity contribution in [3.63, 3.8) is 0 Å². The zero-order valence-electron chi connectivity index (χ0n) is 7.88. The third-order valence-corrected chi connectivity index (χ3v) is 4.63. The minimum atomic E-state index is -3.55.